The fourth-order valence-electron chi connectivity index (χ4n) is 3.14. The Morgan fingerprint density at radius 2 is 2.03 bits per heavy atom. The lowest BCUT2D eigenvalue weighted by Crippen LogP contribution is -2.27. The predicted molar refractivity (Wildman–Crippen MR) is 120 cm³/mol. The van der Waals surface area contributed by atoms with E-state index in [-0.39, 0.29) is 17.7 Å². The highest BCUT2D eigenvalue weighted by atomic mass is 32.2. The first-order valence-corrected chi connectivity index (χ1v) is 11.5. The van der Waals surface area contributed by atoms with Gasteiger partial charge in [0.05, 0.1) is 30.2 Å². The number of carbonyl (C=O) groups excluding carboxylic acids is 1. The van der Waals surface area contributed by atoms with Gasteiger partial charge >= 0.3 is 0 Å². The van der Waals surface area contributed by atoms with E-state index in [9.17, 15) is 4.79 Å². The van der Waals surface area contributed by atoms with Gasteiger partial charge in [0.25, 0.3) is 0 Å². The first kappa shape index (κ1) is 20.4. The molecule has 0 saturated heterocycles. The second kappa shape index (κ2) is 9.32. The zero-order valence-corrected chi connectivity index (χ0v) is 18.4. The van der Waals surface area contributed by atoms with E-state index in [0.717, 1.165) is 27.6 Å². The number of amides is 1. The van der Waals surface area contributed by atoms with Crippen LogP contribution in [0.1, 0.15) is 29.2 Å². The molecule has 30 heavy (non-hydrogen) atoms. The Morgan fingerprint density at radius 1 is 1.20 bits per heavy atom. The molecule has 0 aliphatic rings. The molecule has 0 radical (unpaired) electrons. The molecular weight excluding hydrogens is 416 g/mol. The molecule has 0 spiro atoms. The number of furan rings is 1. The molecule has 8 heteroatoms. The monoisotopic (exact) mass is 438 g/mol. The smallest absolute Gasteiger partial charge is 0.230 e. The summed E-state index contributed by atoms with van der Waals surface area (Å²) in [6.45, 7) is 4.51. The standard InChI is InChI=1S/C22H22N4O2S2/c1-15(19-9-6-12-29-19)23-20(27)14-30-22-25-24-21(18-10-11-28-16(18)2)26(22)13-17-7-4-3-5-8-17/h3-12,15H,13-14H2,1-2H3,(H,23,27). The SMILES string of the molecule is Cc1occc1-c1nnc(SCC(=O)NC(C)c2cccs2)n1Cc1ccccc1. The first-order valence-electron chi connectivity index (χ1n) is 9.59. The van der Waals surface area contributed by atoms with Gasteiger partial charge in [-0.1, -0.05) is 48.2 Å². The summed E-state index contributed by atoms with van der Waals surface area (Å²) in [5.41, 5.74) is 2.04. The van der Waals surface area contributed by atoms with Gasteiger partial charge in [-0.2, -0.15) is 0 Å². The Hall–Kier alpha value is -2.84. The van der Waals surface area contributed by atoms with Gasteiger partial charge in [-0.3, -0.25) is 9.36 Å². The Labute approximate surface area is 183 Å². The second-order valence-corrected chi connectivity index (χ2v) is 8.78. The van der Waals surface area contributed by atoms with Crippen molar-refractivity contribution in [1.82, 2.24) is 20.1 Å². The minimum Gasteiger partial charge on any atom is -0.469 e. The maximum Gasteiger partial charge on any atom is 0.230 e. The van der Waals surface area contributed by atoms with Crippen molar-refractivity contribution in [3.63, 3.8) is 0 Å². The van der Waals surface area contributed by atoms with Crippen LogP contribution >= 0.6 is 23.1 Å². The molecule has 1 unspecified atom stereocenters. The summed E-state index contributed by atoms with van der Waals surface area (Å²) in [6.07, 6.45) is 1.65. The highest BCUT2D eigenvalue weighted by Gasteiger charge is 2.19. The van der Waals surface area contributed by atoms with Crippen molar-refractivity contribution in [3.05, 3.63) is 76.4 Å². The molecule has 4 rings (SSSR count). The van der Waals surface area contributed by atoms with Crippen LogP contribution in [0.25, 0.3) is 11.4 Å². The van der Waals surface area contributed by atoms with E-state index in [1.165, 1.54) is 11.8 Å². The number of aryl methyl sites for hydroxylation is 1. The maximum atomic E-state index is 12.5. The number of thioether (sulfide) groups is 1. The molecule has 0 aliphatic carbocycles. The quantitative estimate of drug-likeness (QED) is 0.395. The highest BCUT2D eigenvalue weighted by molar-refractivity contribution is 7.99. The average Bonchev–Trinajstić information content (AvgIpc) is 3.49. The summed E-state index contributed by atoms with van der Waals surface area (Å²) in [5, 5.41) is 14.5. The molecule has 6 nitrogen and oxygen atoms in total. The predicted octanol–water partition coefficient (Wildman–Crippen LogP) is 4.93. The van der Waals surface area contributed by atoms with Crippen LogP contribution in [0.15, 0.2) is 69.7 Å². The van der Waals surface area contributed by atoms with Crippen molar-refractivity contribution in [3.8, 4) is 11.4 Å². The highest BCUT2D eigenvalue weighted by Crippen LogP contribution is 2.28. The van der Waals surface area contributed by atoms with E-state index in [4.69, 9.17) is 4.42 Å². The van der Waals surface area contributed by atoms with Crippen LogP contribution in [0.5, 0.6) is 0 Å². The molecule has 0 aliphatic heterocycles. The van der Waals surface area contributed by atoms with Crippen molar-refractivity contribution in [2.75, 3.05) is 5.75 Å². The number of carbonyl (C=O) groups is 1. The summed E-state index contributed by atoms with van der Waals surface area (Å²) in [4.78, 5) is 13.6. The molecule has 1 N–H and O–H groups in total. The Kier molecular flexibility index (Phi) is 6.35. The summed E-state index contributed by atoms with van der Waals surface area (Å²) in [6, 6.07) is 16.0. The maximum absolute atomic E-state index is 12.5. The fourth-order valence-corrected chi connectivity index (χ4v) is 4.63. The molecule has 3 heterocycles. The van der Waals surface area contributed by atoms with Crippen molar-refractivity contribution >= 4 is 29.0 Å². The number of hydrogen-bond acceptors (Lipinski definition) is 6. The van der Waals surface area contributed by atoms with Gasteiger partial charge in [0.1, 0.15) is 5.76 Å². The van der Waals surface area contributed by atoms with Crippen molar-refractivity contribution < 1.29 is 9.21 Å². The van der Waals surface area contributed by atoms with Crippen LogP contribution < -0.4 is 5.32 Å². The third-order valence-electron chi connectivity index (χ3n) is 4.68. The van der Waals surface area contributed by atoms with Crippen molar-refractivity contribution in [1.29, 1.82) is 0 Å². The summed E-state index contributed by atoms with van der Waals surface area (Å²) in [7, 11) is 0. The van der Waals surface area contributed by atoms with Gasteiger partial charge in [-0.05, 0) is 36.9 Å². The van der Waals surface area contributed by atoms with Crippen LogP contribution in [0.3, 0.4) is 0 Å². The summed E-state index contributed by atoms with van der Waals surface area (Å²) >= 11 is 3.03. The molecule has 4 aromatic rings. The van der Waals surface area contributed by atoms with E-state index < -0.39 is 0 Å². The minimum atomic E-state index is -0.0313. The van der Waals surface area contributed by atoms with Gasteiger partial charge in [0, 0.05) is 4.88 Å². The van der Waals surface area contributed by atoms with E-state index in [2.05, 4.69) is 27.6 Å². The van der Waals surface area contributed by atoms with Gasteiger partial charge < -0.3 is 9.73 Å². The zero-order chi connectivity index (χ0) is 20.9. The lowest BCUT2D eigenvalue weighted by Gasteiger charge is -2.13. The van der Waals surface area contributed by atoms with Crippen LogP contribution in [0.2, 0.25) is 0 Å². The fraction of sp³-hybridized carbons (Fsp3) is 0.227. The lowest BCUT2D eigenvalue weighted by atomic mass is 10.2. The van der Waals surface area contributed by atoms with Crippen LogP contribution in [0, 0.1) is 6.92 Å². The van der Waals surface area contributed by atoms with Crippen molar-refractivity contribution in [2.24, 2.45) is 0 Å². The largest absolute Gasteiger partial charge is 0.469 e. The number of thiophene rings is 1. The summed E-state index contributed by atoms with van der Waals surface area (Å²) < 4.78 is 7.50. The number of nitrogens with one attached hydrogen (secondary N) is 1. The van der Waals surface area contributed by atoms with E-state index in [0.29, 0.717) is 11.7 Å². The number of nitrogens with zero attached hydrogens (tertiary/aromatic N) is 3. The molecule has 1 atom stereocenters. The van der Waals surface area contributed by atoms with Crippen LogP contribution in [-0.2, 0) is 11.3 Å². The molecule has 0 fully saturated rings. The minimum absolute atomic E-state index is 0.00979. The molecule has 3 aromatic heterocycles. The second-order valence-electron chi connectivity index (χ2n) is 6.86. The average molecular weight is 439 g/mol. The molecule has 1 aromatic carbocycles. The number of rotatable bonds is 8. The molecule has 0 saturated carbocycles. The van der Waals surface area contributed by atoms with Crippen LogP contribution in [0.4, 0.5) is 0 Å². The Bertz CT molecular complexity index is 1100. The van der Waals surface area contributed by atoms with Gasteiger partial charge in [-0.25, -0.2) is 0 Å². The van der Waals surface area contributed by atoms with E-state index in [1.807, 2.05) is 60.2 Å². The van der Waals surface area contributed by atoms with E-state index >= 15 is 0 Å². The lowest BCUT2D eigenvalue weighted by molar-refractivity contribution is -0.119. The normalized spacial score (nSPS) is 12.1. The third-order valence-corrected chi connectivity index (χ3v) is 6.70. The van der Waals surface area contributed by atoms with Gasteiger partial charge in [-0.15, -0.1) is 21.5 Å². The van der Waals surface area contributed by atoms with Gasteiger partial charge in [0.15, 0.2) is 11.0 Å². The van der Waals surface area contributed by atoms with E-state index in [1.54, 1.807) is 17.6 Å². The topological polar surface area (TPSA) is 72.9 Å². The molecule has 0 bridgehead atoms. The van der Waals surface area contributed by atoms with Crippen LogP contribution in [-0.4, -0.2) is 26.4 Å². The first-order chi connectivity index (χ1) is 14.6. The number of benzene rings is 1. The summed E-state index contributed by atoms with van der Waals surface area (Å²) in [5.74, 6) is 1.76. The third kappa shape index (κ3) is 4.66. The number of aromatic nitrogens is 3. The van der Waals surface area contributed by atoms with Crippen molar-refractivity contribution in [2.45, 2.75) is 31.6 Å². The molecular formula is C22H22N4O2S2. The Balaban J connectivity index is 1.51. The number of hydrogen-bond donors (Lipinski definition) is 1. The molecule has 154 valence electrons. The van der Waals surface area contributed by atoms with Gasteiger partial charge in [0.2, 0.25) is 5.91 Å². The molecule has 1 amide bonds. The zero-order valence-electron chi connectivity index (χ0n) is 16.7. The Morgan fingerprint density at radius 3 is 2.73 bits per heavy atom.